The molecule has 0 bridgehead atoms. The first-order valence-corrected chi connectivity index (χ1v) is 21.4. The monoisotopic (exact) mass is 857 g/mol. The van der Waals surface area contributed by atoms with E-state index in [9.17, 15) is 45.2 Å². The number of ether oxygens (including phenoxy) is 3. The molecule has 3 N–H and O–H groups in total. The minimum atomic E-state index is -4.94. The van der Waals surface area contributed by atoms with E-state index in [2.05, 4.69) is 20.3 Å². The highest BCUT2D eigenvalue weighted by Gasteiger charge is 2.62. The minimum Gasteiger partial charge on any atom is -0.494 e. The summed E-state index contributed by atoms with van der Waals surface area (Å²) in [4.78, 5) is 61.6. The lowest BCUT2D eigenvalue weighted by atomic mass is 9.85. The summed E-state index contributed by atoms with van der Waals surface area (Å²) in [7, 11) is -2.66. The number of nitrogens with zero attached hydrogens (tertiary/aromatic N) is 2. The van der Waals surface area contributed by atoms with Gasteiger partial charge in [-0.05, 0) is 82.4 Å². The van der Waals surface area contributed by atoms with Crippen LogP contribution < -0.4 is 24.8 Å². The van der Waals surface area contributed by atoms with Gasteiger partial charge in [-0.25, -0.2) is 22.6 Å². The molecule has 0 spiro atoms. The molecule has 59 heavy (non-hydrogen) atoms. The molecule has 14 nitrogen and oxygen atoms in total. The molecular weight excluding hydrogens is 803 g/mol. The van der Waals surface area contributed by atoms with Gasteiger partial charge in [0.05, 0.1) is 30.0 Å². The summed E-state index contributed by atoms with van der Waals surface area (Å²) in [6.07, 6.45) is -3.18. The Kier molecular flexibility index (Phi) is 13.1. The maximum Gasteiger partial charge on any atom is 0.427 e. The molecule has 2 saturated carbocycles. The highest BCUT2D eigenvalue weighted by Crippen LogP contribution is 2.46. The first-order valence-electron chi connectivity index (χ1n) is 20.0. The lowest BCUT2D eigenvalue weighted by Gasteiger charge is -2.35. The Hall–Kier alpha value is -4.42. The number of benzene rings is 1. The molecule has 2 aromatic rings. The molecule has 4 amide bonds. The zero-order valence-corrected chi connectivity index (χ0v) is 35.4. The van der Waals surface area contributed by atoms with E-state index in [-0.39, 0.29) is 36.6 Å². The molecule has 1 aromatic carbocycles. The Morgan fingerprint density at radius 1 is 1.10 bits per heavy atom. The molecule has 3 fully saturated rings. The maximum absolute atomic E-state index is 14.9. The second-order valence-electron chi connectivity index (χ2n) is 17.1. The van der Waals surface area contributed by atoms with Crippen molar-refractivity contribution in [2.24, 2.45) is 17.8 Å². The van der Waals surface area contributed by atoms with Gasteiger partial charge >= 0.3 is 12.3 Å². The van der Waals surface area contributed by atoms with Gasteiger partial charge in [-0.3, -0.25) is 19.1 Å². The van der Waals surface area contributed by atoms with Gasteiger partial charge in [-0.15, -0.1) is 0 Å². The average molecular weight is 858 g/mol. The van der Waals surface area contributed by atoms with Crippen molar-refractivity contribution in [3.8, 4) is 11.6 Å². The number of carbonyl (C=O) groups excluding carboxylic acids is 4. The van der Waals surface area contributed by atoms with Crippen LogP contribution in [0.5, 0.6) is 11.6 Å². The molecule has 2 heterocycles. The molecule has 3 aliphatic rings. The summed E-state index contributed by atoms with van der Waals surface area (Å²) < 4.78 is 99.4. The fourth-order valence-electron chi connectivity index (χ4n) is 7.68. The zero-order chi connectivity index (χ0) is 43.9. The molecule has 1 aliphatic heterocycles. The summed E-state index contributed by atoms with van der Waals surface area (Å²) in [6, 6.07) is 1.03. The number of aromatic nitrogens is 1. The number of alkyl halides is 3. The average Bonchev–Trinajstić information content (AvgIpc) is 4.01. The van der Waals surface area contributed by atoms with E-state index in [1.54, 1.807) is 13.8 Å². The highest BCUT2D eigenvalue weighted by molar-refractivity contribution is 7.91. The van der Waals surface area contributed by atoms with Crippen LogP contribution in [0.2, 0.25) is 0 Å². The maximum atomic E-state index is 14.9. The zero-order valence-electron chi connectivity index (χ0n) is 34.6. The van der Waals surface area contributed by atoms with Crippen LogP contribution in [0, 0.1) is 23.6 Å². The molecule has 1 saturated heterocycles. The molecule has 0 unspecified atom stereocenters. The number of alkyl carbamates (subject to hydrolysis) is 1. The number of methoxy groups -OCH3 is 1. The quantitative estimate of drug-likeness (QED) is 0.162. The van der Waals surface area contributed by atoms with Gasteiger partial charge in [0.1, 0.15) is 35.3 Å². The minimum absolute atomic E-state index is 0.0390. The largest absolute Gasteiger partial charge is 0.494 e. The third-order valence-electron chi connectivity index (χ3n) is 12.1. The van der Waals surface area contributed by atoms with Crippen LogP contribution in [-0.2, 0) is 29.1 Å². The van der Waals surface area contributed by atoms with Crippen LogP contribution >= 0.6 is 0 Å². The number of nitrogens with one attached hydrogen (secondary N) is 3. The molecule has 19 heteroatoms. The number of hydrogen-bond donors (Lipinski definition) is 3. The number of halogens is 4. The van der Waals surface area contributed by atoms with E-state index in [1.165, 1.54) is 38.4 Å². The normalized spacial score (nSPS) is 24.1. The number of sulfonamides is 1. The summed E-state index contributed by atoms with van der Waals surface area (Å²) >= 11 is 0. The van der Waals surface area contributed by atoms with E-state index >= 15 is 0 Å². The van der Waals surface area contributed by atoms with Crippen LogP contribution in [-0.4, -0.2) is 96.0 Å². The molecule has 2 aliphatic carbocycles. The lowest BCUT2D eigenvalue weighted by molar-refractivity contribution is -0.244. The van der Waals surface area contributed by atoms with Gasteiger partial charge in [0, 0.05) is 11.8 Å². The smallest absolute Gasteiger partial charge is 0.427 e. The van der Waals surface area contributed by atoms with Gasteiger partial charge in [-0.2, -0.15) is 13.2 Å². The van der Waals surface area contributed by atoms with Gasteiger partial charge < -0.3 is 29.7 Å². The molecule has 0 radical (unpaired) electrons. The molecule has 1 aromatic heterocycles. The van der Waals surface area contributed by atoms with E-state index < -0.39 is 91.7 Å². The summed E-state index contributed by atoms with van der Waals surface area (Å²) in [6.45, 7) is 9.92. The van der Waals surface area contributed by atoms with Crippen molar-refractivity contribution in [1.29, 1.82) is 0 Å². The van der Waals surface area contributed by atoms with Gasteiger partial charge in [0.25, 0.3) is 5.91 Å². The molecular formula is C40H55F4N5O9S. The lowest BCUT2D eigenvalue weighted by Crippen LogP contribution is -2.60. The molecule has 5 rings (SSSR count). The van der Waals surface area contributed by atoms with Crippen molar-refractivity contribution >= 4 is 44.6 Å². The molecule has 328 valence electrons. The second-order valence-corrected chi connectivity index (χ2v) is 19.3. The molecule has 7 atom stereocenters. The van der Waals surface area contributed by atoms with E-state index in [4.69, 9.17) is 14.2 Å². The van der Waals surface area contributed by atoms with Crippen molar-refractivity contribution in [1.82, 2.24) is 25.2 Å². The number of amides is 4. The number of carbonyl (C=O) groups is 4. The predicted molar refractivity (Wildman–Crippen MR) is 208 cm³/mol. The Labute approximate surface area is 341 Å². The standard InChI is InChI=1S/C40H55F4N5O9S/c1-9-11-22(3)16-24(10-2)31(46-36(53)58-37(5,6)40(42,43)44)34(51)49-21-26(57-33-28-17-25(41)12-13-27(28)30(56-8)20-45-33)18-29(49)32(50)47-39(19-23(39)4)35(52)48-59(54,55)38(7)14-15-38/h12-13,17,20,22-24,26,29,31H,9-11,14-16,18-19,21H2,1-8H3,(H,46,53)(H,47,50)(H,48,52)/t22-,23-,24-,26-,29+,31+,39-/m1/s1. The number of rotatable bonds is 17. The first-order chi connectivity index (χ1) is 27.4. The van der Waals surface area contributed by atoms with Crippen LogP contribution in [0.4, 0.5) is 22.4 Å². The van der Waals surface area contributed by atoms with Gasteiger partial charge in [0.15, 0.2) is 0 Å². The van der Waals surface area contributed by atoms with Crippen LogP contribution in [0.3, 0.4) is 0 Å². The Balaban J connectivity index is 1.50. The predicted octanol–water partition coefficient (Wildman–Crippen LogP) is 5.91. The third-order valence-corrected chi connectivity index (χ3v) is 14.2. The fraction of sp³-hybridized carbons (Fsp3) is 0.675. The topological polar surface area (TPSA) is 182 Å². The number of pyridine rings is 1. The van der Waals surface area contributed by atoms with Crippen molar-refractivity contribution in [3.05, 3.63) is 30.2 Å². The first kappa shape index (κ1) is 45.7. The van der Waals surface area contributed by atoms with Crippen molar-refractivity contribution in [2.75, 3.05) is 13.7 Å². The van der Waals surface area contributed by atoms with Crippen molar-refractivity contribution in [3.63, 3.8) is 0 Å². The van der Waals surface area contributed by atoms with E-state index in [0.717, 1.165) is 17.7 Å². The van der Waals surface area contributed by atoms with Crippen molar-refractivity contribution < 1.29 is 59.4 Å². The van der Waals surface area contributed by atoms with E-state index in [0.29, 0.717) is 50.7 Å². The van der Waals surface area contributed by atoms with Crippen LogP contribution in [0.15, 0.2) is 24.4 Å². The summed E-state index contributed by atoms with van der Waals surface area (Å²) in [5, 5.41) is 5.80. The number of hydrogen-bond acceptors (Lipinski definition) is 10. The van der Waals surface area contributed by atoms with Crippen molar-refractivity contribution in [2.45, 2.75) is 140 Å². The summed E-state index contributed by atoms with van der Waals surface area (Å²) in [5.41, 5.74) is -4.54. The van der Waals surface area contributed by atoms with Crippen LogP contribution in [0.1, 0.15) is 99.8 Å². The SMILES string of the molecule is CCC[C@@H](C)C[C@@H](CC)[C@H](NC(=O)OC(C)(C)C(F)(F)F)C(=O)N1C[C@H](Oc2ncc(OC)c3ccc(F)cc23)C[C@H]1C(=O)N[C@]1(C(=O)NS(=O)(=O)C2(C)CC2)C[C@H]1C. The Morgan fingerprint density at radius 2 is 1.76 bits per heavy atom. The van der Waals surface area contributed by atoms with Gasteiger partial charge in [0.2, 0.25) is 33.3 Å². The number of likely N-dealkylation sites (tertiary alicyclic amines) is 1. The Bertz CT molecular complexity index is 2050. The third kappa shape index (κ3) is 9.64. The number of fused-ring (bicyclic) bond motifs is 1. The Morgan fingerprint density at radius 3 is 2.32 bits per heavy atom. The van der Waals surface area contributed by atoms with Crippen LogP contribution in [0.25, 0.3) is 10.8 Å². The summed E-state index contributed by atoms with van der Waals surface area (Å²) in [5.74, 6) is -3.96. The second kappa shape index (κ2) is 16.9. The van der Waals surface area contributed by atoms with E-state index in [1.807, 2.05) is 13.8 Å². The van der Waals surface area contributed by atoms with Gasteiger partial charge in [-0.1, -0.05) is 47.0 Å². The highest BCUT2D eigenvalue weighted by atomic mass is 32.2. The fourth-order valence-corrected chi connectivity index (χ4v) is 8.99.